The van der Waals surface area contributed by atoms with Gasteiger partial charge in [0.2, 0.25) is 10.0 Å². The summed E-state index contributed by atoms with van der Waals surface area (Å²) < 4.78 is 26.3. The van der Waals surface area contributed by atoms with Crippen LogP contribution < -0.4 is 0 Å². The van der Waals surface area contributed by atoms with Crippen LogP contribution in [0.25, 0.3) is 0 Å². The highest BCUT2D eigenvalue weighted by Gasteiger charge is 2.46. The van der Waals surface area contributed by atoms with Crippen LogP contribution in [0.1, 0.15) is 52.7 Å². The van der Waals surface area contributed by atoms with Crippen molar-refractivity contribution in [2.45, 2.75) is 37.3 Å². The summed E-state index contributed by atoms with van der Waals surface area (Å²) in [7, 11) is -3.49. The van der Waals surface area contributed by atoms with Crippen molar-refractivity contribution < 1.29 is 23.1 Å². The number of nitrogens with zero attached hydrogens (tertiary/aromatic N) is 2. The number of piperidine rings is 1. The summed E-state index contributed by atoms with van der Waals surface area (Å²) in [5.74, 6) is -2.52. The predicted molar refractivity (Wildman–Crippen MR) is 126 cm³/mol. The summed E-state index contributed by atoms with van der Waals surface area (Å²) in [6.07, 6.45) is 3.30. The maximum absolute atomic E-state index is 13.7. The van der Waals surface area contributed by atoms with Crippen molar-refractivity contribution in [1.82, 2.24) is 9.21 Å². The molecule has 1 saturated heterocycles. The summed E-state index contributed by atoms with van der Waals surface area (Å²) in [5.41, 5.74) is 1.16. The molecule has 1 fully saturated rings. The highest BCUT2D eigenvalue weighted by Crippen LogP contribution is 2.45. The van der Waals surface area contributed by atoms with Gasteiger partial charge in [0.05, 0.1) is 12.3 Å². The highest BCUT2D eigenvalue weighted by atomic mass is 35.5. The van der Waals surface area contributed by atoms with Crippen molar-refractivity contribution in [2.75, 3.05) is 19.3 Å². The largest absolute Gasteiger partial charge is 0.481 e. The van der Waals surface area contributed by atoms with Crippen LogP contribution in [-0.4, -0.2) is 60.0 Å². The number of carbonyl (C=O) groups excluding carboxylic acids is 1. The molecular weight excluding hydrogens is 487 g/mol. The smallest absolute Gasteiger partial charge is 0.313 e. The topological polar surface area (TPSA) is 95.0 Å². The molecule has 7 nitrogen and oxygen atoms in total. The van der Waals surface area contributed by atoms with Crippen molar-refractivity contribution in [2.24, 2.45) is 0 Å². The summed E-state index contributed by atoms with van der Waals surface area (Å²) in [6.45, 7) is 0.435. The Labute approximate surface area is 202 Å². The van der Waals surface area contributed by atoms with Crippen LogP contribution >= 0.6 is 23.2 Å². The minimum Gasteiger partial charge on any atom is -0.481 e. The number of hydrogen-bond acceptors (Lipinski definition) is 4. The zero-order valence-electron chi connectivity index (χ0n) is 17.9. The van der Waals surface area contributed by atoms with E-state index in [0.717, 1.165) is 19.1 Å². The number of halogens is 2. The van der Waals surface area contributed by atoms with Crippen LogP contribution in [-0.2, 0) is 14.8 Å². The summed E-state index contributed by atoms with van der Waals surface area (Å²) in [5, 5.41) is 10.9. The lowest BCUT2D eigenvalue weighted by Crippen LogP contribution is -2.53. The van der Waals surface area contributed by atoms with Gasteiger partial charge < -0.3 is 10.0 Å². The zero-order chi connectivity index (χ0) is 23.9. The van der Waals surface area contributed by atoms with Gasteiger partial charge in [0.1, 0.15) is 5.92 Å². The Morgan fingerprint density at radius 2 is 1.85 bits per heavy atom. The monoisotopic (exact) mass is 510 g/mol. The number of amides is 1. The van der Waals surface area contributed by atoms with Gasteiger partial charge in [0, 0.05) is 34.7 Å². The minimum atomic E-state index is -3.49. The van der Waals surface area contributed by atoms with E-state index in [4.69, 9.17) is 23.2 Å². The fraction of sp³-hybridized carbons (Fsp3) is 0.391. The van der Waals surface area contributed by atoms with Crippen molar-refractivity contribution >= 4 is 45.1 Å². The molecule has 0 radical (unpaired) electrons. The van der Waals surface area contributed by atoms with Gasteiger partial charge in [-0.05, 0) is 42.2 Å². The summed E-state index contributed by atoms with van der Waals surface area (Å²) in [4.78, 5) is 27.7. The fourth-order valence-corrected chi connectivity index (χ4v) is 6.66. The van der Waals surface area contributed by atoms with E-state index in [1.54, 1.807) is 36.4 Å². The number of rotatable bonds is 5. The zero-order valence-corrected chi connectivity index (χ0v) is 20.3. The van der Waals surface area contributed by atoms with E-state index in [-0.39, 0.29) is 17.5 Å². The Hall–Kier alpha value is -2.13. The Kier molecular flexibility index (Phi) is 6.73. The van der Waals surface area contributed by atoms with Gasteiger partial charge in [-0.15, -0.1) is 0 Å². The SMILES string of the molecule is CS(=O)(=O)N1CCCCC1CN1C(=O)c2ccccc2C(C(=O)O)C1c1ccc(Cl)cc1Cl. The first-order valence-corrected chi connectivity index (χ1v) is 13.2. The van der Waals surface area contributed by atoms with Crippen LogP contribution in [0.4, 0.5) is 0 Å². The molecule has 176 valence electrons. The molecule has 2 aliphatic rings. The van der Waals surface area contributed by atoms with E-state index in [1.165, 1.54) is 15.3 Å². The fourth-order valence-electron chi connectivity index (χ4n) is 4.97. The second-order valence-corrected chi connectivity index (χ2v) is 11.3. The molecule has 2 aromatic rings. The van der Waals surface area contributed by atoms with Gasteiger partial charge in [-0.25, -0.2) is 8.42 Å². The van der Waals surface area contributed by atoms with Gasteiger partial charge in [-0.2, -0.15) is 4.31 Å². The molecule has 0 bridgehead atoms. The molecule has 10 heteroatoms. The van der Waals surface area contributed by atoms with Gasteiger partial charge in [0.15, 0.2) is 0 Å². The Balaban J connectivity index is 1.86. The lowest BCUT2D eigenvalue weighted by molar-refractivity contribution is -0.140. The first-order valence-electron chi connectivity index (χ1n) is 10.6. The second kappa shape index (κ2) is 9.25. The van der Waals surface area contributed by atoms with Crippen molar-refractivity contribution in [3.63, 3.8) is 0 Å². The lowest BCUT2D eigenvalue weighted by Gasteiger charge is -2.44. The van der Waals surface area contributed by atoms with Crippen LogP contribution in [0, 0.1) is 0 Å². The molecule has 3 unspecified atom stereocenters. The quantitative estimate of drug-likeness (QED) is 0.650. The van der Waals surface area contributed by atoms with E-state index in [0.29, 0.717) is 34.7 Å². The Morgan fingerprint density at radius 3 is 2.52 bits per heavy atom. The van der Waals surface area contributed by atoms with E-state index in [1.807, 2.05) is 0 Å². The second-order valence-electron chi connectivity index (χ2n) is 8.49. The van der Waals surface area contributed by atoms with Crippen LogP contribution in [0.5, 0.6) is 0 Å². The molecule has 0 aromatic heterocycles. The molecule has 33 heavy (non-hydrogen) atoms. The average molecular weight is 511 g/mol. The van der Waals surface area contributed by atoms with Gasteiger partial charge in [0.25, 0.3) is 5.91 Å². The van der Waals surface area contributed by atoms with E-state index < -0.39 is 34.0 Å². The van der Waals surface area contributed by atoms with Crippen LogP contribution in [0.2, 0.25) is 10.0 Å². The maximum atomic E-state index is 13.7. The number of fused-ring (bicyclic) bond motifs is 1. The molecule has 1 amide bonds. The Bertz CT molecular complexity index is 1200. The van der Waals surface area contributed by atoms with E-state index >= 15 is 0 Å². The highest BCUT2D eigenvalue weighted by molar-refractivity contribution is 7.88. The number of hydrogen-bond donors (Lipinski definition) is 1. The third-order valence-electron chi connectivity index (χ3n) is 6.39. The van der Waals surface area contributed by atoms with Crippen molar-refractivity contribution in [3.8, 4) is 0 Å². The van der Waals surface area contributed by atoms with Gasteiger partial charge >= 0.3 is 5.97 Å². The molecule has 0 saturated carbocycles. The molecule has 4 rings (SSSR count). The summed E-state index contributed by atoms with van der Waals surface area (Å²) >= 11 is 12.6. The first-order chi connectivity index (χ1) is 15.6. The molecule has 0 spiro atoms. The number of carboxylic acid groups (broad SMARTS) is 1. The van der Waals surface area contributed by atoms with Crippen LogP contribution in [0.15, 0.2) is 42.5 Å². The number of aliphatic carboxylic acids is 1. The van der Waals surface area contributed by atoms with E-state index in [9.17, 15) is 23.1 Å². The predicted octanol–water partition coefficient (Wildman–Crippen LogP) is 4.17. The molecule has 0 aliphatic carbocycles. The average Bonchev–Trinajstić information content (AvgIpc) is 2.75. The standard InChI is InChI=1S/C23H24Cl2N2O5S/c1-33(31,32)27-11-5-4-6-15(27)13-26-21(18-10-9-14(24)12-19(18)25)20(23(29)30)16-7-2-3-8-17(16)22(26)28/h2-3,7-10,12,15,20-21H,4-6,11,13H2,1H3,(H,29,30). The number of benzene rings is 2. The first kappa shape index (κ1) is 24.0. The molecule has 2 heterocycles. The van der Waals surface area contributed by atoms with Crippen molar-refractivity contribution in [1.29, 1.82) is 0 Å². The lowest BCUT2D eigenvalue weighted by atomic mass is 9.79. The number of carbonyl (C=O) groups is 2. The molecule has 2 aliphatic heterocycles. The number of sulfonamides is 1. The molecule has 3 atom stereocenters. The normalized spacial score (nSPS) is 23.9. The minimum absolute atomic E-state index is 0.0631. The van der Waals surface area contributed by atoms with Crippen molar-refractivity contribution in [3.05, 3.63) is 69.2 Å². The molecule has 2 aromatic carbocycles. The molecule has 1 N–H and O–H groups in total. The van der Waals surface area contributed by atoms with E-state index in [2.05, 4.69) is 0 Å². The number of carboxylic acids is 1. The molecular formula is C23H24Cl2N2O5S. The van der Waals surface area contributed by atoms with Gasteiger partial charge in [-0.1, -0.05) is 53.9 Å². The Morgan fingerprint density at radius 1 is 1.12 bits per heavy atom. The third kappa shape index (κ3) is 4.62. The maximum Gasteiger partial charge on any atom is 0.313 e. The van der Waals surface area contributed by atoms with Crippen LogP contribution in [0.3, 0.4) is 0 Å². The summed E-state index contributed by atoms with van der Waals surface area (Å²) in [6, 6.07) is 10.0. The van der Waals surface area contributed by atoms with Gasteiger partial charge in [-0.3, -0.25) is 9.59 Å². The third-order valence-corrected chi connectivity index (χ3v) is 8.29.